The first-order valence-corrected chi connectivity index (χ1v) is 14.7. The molecular weight excluding hydrogens is 493 g/mol. The van der Waals surface area contributed by atoms with Gasteiger partial charge in [0, 0.05) is 38.6 Å². The van der Waals surface area contributed by atoms with E-state index in [2.05, 4.69) is 5.32 Å². The number of carbonyl (C=O) groups is 1. The number of amides is 1. The molecule has 0 radical (unpaired) electrons. The van der Waals surface area contributed by atoms with E-state index in [4.69, 9.17) is 0 Å². The molecule has 0 atom stereocenters. The van der Waals surface area contributed by atoms with E-state index in [-0.39, 0.29) is 41.3 Å². The van der Waals surface area contributed by atoms with Crippen LogP contribution in [0.3, 0.4) is 0 Å². The van der Waals surface area contributed by atoms with Crippen LogP contribution < -0.4 is 5.32 Å². The van der Waals surface area contributed by atoms with Gasteiger partial charge >= 0.3 is 0 Å². The van der Waals surface area contributed by atoms with Gasteiger partial charge in [-0.3, -0.25) is 4.79 Å². The maximum atomic E-state index is 13.1. The Balaban J connectivity index is 1.28. The highest BCUT2D eigenvalue weighted by atomic mass is 32.2. The van der Waals surface area contributed by atoms with Crippen LogP contribution in [0.25, 0.3) is 0 Å². The molecule has 0 bridgehead atoms. The first-order valence-electron chi connectivity index (χ1n) is 11.8. The zero-order chi connectivity index (χ0) is 25.1. The Morgan fingerprint density at radius 2 is 1.26 bits per heavy atom. The predicted molar refractivity (Wildman–Crippen MR) is 129 cm³/mol. The lowest BCUT2D eigenvalue weighted by molar-refractivity contribution is -0.126. The summed E-state index contributed by atoms with van der Waals surface area (Å²) in [5.74, 6) is -0.972. The molecule has 0 aromatic heterocycles. The number of rotatable bonds is 7. The Morgan fingerprint density at radius 1 is 0.771 bits per heavy atom. The molecule has 1 N–H and O–H groups in total. The first kappa shape index (κ1) is 25.7. The fourth-order valence-corrected chi connectivity index (χ4v) is 7.47. The van der Waals surface area contributed by atoms with Gasteiger partial charge in [0.1, 0.15) is 5.82 Å². The van der Waals surface area contributed by atoms with Gasteiger partial charge in [-0.25, -0.2) is 21.2 Å². The summed E-state index contributed by atoms with van der Waals surface area (Å²) in [6.07, 6.45) is 3.58. The van der Waals surface area contributed by atoms with E-state index in [0.717, 1.165) is 37.0 Å². The van der Waals surface area contributed by atoms with Gasteiger partial charge in [-0.15, -0.1) is 0 Å². The molecule has 2 aromatic carbocycles. The molecule has 0 aliphatic carbocycles. The maximum absolute atomic E-state index is 13.1. The Morgan fingerprint density at radius 3 is 1.80 bits per heavy atom. The summed E-state index contributed by atoms with van der Waals surface area (Å²) < 4.78 is 67.0. The number of hydrogen-bond donors (Lipinski definition) is 1. The van der Waals surface area contributed by atoms with E-state index in [1.165, 1.54) is 20.7 Å². The van der Waals surface area contributed by atoms with Crippen LogP contribution in [-0.2, 0) is 31.4 Å². The minimum Gasteiger partial charge on any atom is -0.352 e. The lowest BCUT2D eigenvalue weighted by atomic mass is 9.97. The number of piperidine rings is 2. The molecule has 2 aliphatic rings. The Kier molecular flexibility index (Phi) is 7.89. The molecule has 190 valence electrons. The van der Waals surface area contributed by atoms with Gasteiger partial charge in [-0.1, -0.05) is 18.6 Å². The quantitative estimate of drug-likeness (QED) is 0.601. The lowest BCUT2D eigenvalue weighted by Crippen LogP contribution is -2.42. The SMILES string of the molecule is O=C(NCc1ccc(S(=O)(=O)N2CCCCC2)cc1)C1CCN(S(=O)(=O)c2ccc(F)cc2)CC1. The smallest absolute Gasteiger partial charge is 0.243 e. The van der Waals surface area contributed by atoms with E-state index in [1.807, 2.05) is 0 Å². The molecule has 2 fully saturated rings. The molecule has 4 rings (SSSR count). The lowest BCUT2D eigenvalue weighted by Gasteiger charge is -2.30. The fraction of sp³-hybridized carbons (Fsp3) is 0.458. The molecule has 35 heavy (non-hydrogen) atoms. The average Bonchev–Trinajstić information content (AvgIpc) is 2.88. The number of halogens is 1. The molecular formula is C24H30FN3O5S2. The van der Waals surface area contributed by atoms with Crippen molar-refractivity contribution in [1.82, 2.24) is 13.9 Å². The van der Waals surface area contributed by atoms with E-state index < -0.39 is 25.9 Å². The number of benzene rings is 2. The number of nitrogens with zero attached hydrogens (tertiary/aromatic N) is 2. The predicted octanol–water partition coefficient (Wildman–Crippen LogP) is 2.72. The zero-order valence-corrected chi connectivity index (χ0v) is 21.0. The monoisotopic (exact) mass is 523 g/mol. The summed E-state index contributed by atoms with van der Waals surface area (Å²) in [5, 5.41) is 2.87. The Hall–Kier alpha value is -2.34. The second kappa shape index (κ2) is 10.7. The van der Waals surface area contributed by atoms with Crippen molar-refractivity contribution in [2.45, 2.75) is 48.4 Å². The van der Waals surface area contributed by atoms with Crippen LogP contribution in [0.2, 0.25) is 0 Å². The van der Waals surface area contributed by atoms with Crippen molar-refractivity contribution in [2.24, 2.45) is 5.92 Å². The van der Waals surface area contributed by atoms with Crippen LogP contribution >= 0.6 is 0 Å². The summed E-state index contributed by atoms with van der Waals surface area (Å²) >= 11 is 0. The molecule has 8 nitrogen and oxygen atoms in total. The van der Waals surface area contributed by atoms with E-state index >= 15 is 0 Å². The standard InChI is InChI=1S/C24H30FN3O5S2/c25-21-6-10-23(11-7-21)35(32,33)28-16-12-20(13-17-28)24(29)26-18-19-4-8-22(9-5-19)34(30,31)27-14-2-1-3-15-27/h4-11,20H,1-3,12-18H2,(H,26,29). The molecule has 0 spiro atoms. The number of nitrogens with one attached hydrogen (secondary N) is 1. The van der Waals surface area contributed by atoms with Crippen molar-refractivity contribution in [3.8, 4) is 0 Å². The van der Waals surface area contributed by atoms with Crippen LogP contribution in [0.4, 0.5) is 4.39 Å². The Bertz CT molecular complexity index is 1240. The number of sulfonamides is 2. The van der Waals surface area contributed by atoms with Gasteiger partial charge in [0.2, 0.25) is 26.0 Å². The van der Waals surface area contributed by atoms with Crippen molar-refractivity contribution < 1.29 is 26.0 Å². The summed E-state index contributed by atoms with van der Waals surface area (Å²) in [4.78, 5) is 12.9. The van der Waals surface area contributed by atoms with E-state index in [1.54, 1.807) is 24.3 Å². The van der Waals surface area contributed by atoms with Gasteiger partial charge in [0.15, 0.2) is 0 Å². The summed E-state index contributed by atoms with van der Waals surface area (Å²) in [7, 11) is -7.22. The van der Waals surface area contributed by atoms with Crippen molar-refractivity contribution in [1.29, 1.82) is 0 Å². The third kappa shape index (κ3) is 5.91. The maximum Gasteiger partial charge on any atom is 0.243 e. The average molecular weight is 524 g/mol. The third-order valence-electron chi connectivity index (χ3n) is 6.62. The van der Waals surface area contributed by atoms with Gasteiger partial charge in [0.05, 0.1) is 9.79 Å². The van der Waals surface area contributed by atoms with E-state index in [0.29, 0.717) is 25.9 Å². The first-order chi connectivity index (χ1) is 16.7. The van der Waals surface area contributed by atoms with Crippen LogP contribution in [-0.4, -0.2) is 57.5 Å². The highest BCUT2D eigenvalue weighted by molar-refractivity contribution is 7.89. The summed E-state index contributed by atoms with van der Waals surface area (Å²) in [6, 6.07) is 11.3. The molecule has 2 heterocycles. The van der Waals surface area contributed by atoms with Crippen LogP contribution in [0.1, 0.15) is 37.7 Å². The molecule has 2 saturated heterocycles. The fourth-order valence-electron chi connectivity index (χ4n) is 4.48. The Labute approximate surface area is 206 Å². The van der Waals surface area contributed by atoms with Gasteiger partial charge in [-0.2, -0.15) is 8.61 Å². The third-order valence-corrected chi connectivity index (χ3v) is 10.4. The van der Waals surface area contributed by atoms with Crippen molar-refractivity contribution in [3.05, 3.63) is 59.9 Å². The molecule has 2 aromatic rings. The van der Waals surface area contributed by atoms with Crippen molar-refractivity contribution >= 4 is 26.0 Å². The summed E-state index contributed by atoms with van der Waals surface area (Å²) in [6.45, 7) is 1.77. The largest absolute Gasteiger partial charge is 0.352 e. The topological polar surface area (TPSA) is 104 Å². The normalized spacial score (nSPS) is 18.9. The van der Waals surface area contributed by atoms with E-state index in [9.17, 15) is 26.0 Å². The van der Waals surface area contributed by atoms with Crippen LogP contribution in [0, 0.1) is 11.7 Å². The number of hydrogen-bond acceptors (Lipinski definition) is 5. The summed E-state index contributed by atoms with van der Waals surface area (Å²) in [5.41, 5.74) is 0.785. The minimum atomic E-state index is -3.73. The second-order valence-electron chi connectivity index (χ2n) is 8.96. The molecule has 2 aliphatic heterocycles. The minimum absolute atomic E-state index is 0.0348. The molecule has 11 heteroatoms. The highest BCUT2D eigenvalue weighted by Crippen LogP contribution is 2.25. The van der Waals surface area contributed by atoms with Crippen molar-refractivity contribution in [3.63, 3.8) is 0 Å². The second-order valence-corrected chi connectivity index (χ2v) is 12.8. The van der Waals surface area contributed by atoms with Gasteiger partial charge < -0.3 is 5.32 Å². The zero-order valence-electron chi connectivity index (χ0n) is 19.4. The molecule has 0 saturated carbocycles. The highest BCUT2D eigenvalue weighted by Gasteiger charge is 2.32. The van der Waals surface area contributed by atoms with Crippen LogP contribution in [0.15, 0.2) is 58.3 Å². The number of carbonyl (C=O) groups excluding carboxylic acids is 1. The molecule has 0 unspecified atom stereocenters. The van der Waals surface area contributed by atoms with Gasteiger partial charge in [-0.05, 0) is 67.6 Å². The van der Waals surface area contributed by atoms with Crippen LogP contribution in [0.5, 0.6) is 0 Å². The van der Waals surface area contributed by atoms with Gasteiger partial charge in [0.25, 0.3) is 0 Å². The van der Waals surface area contributed by atoms with Crippen molar-refractivity contribution in [2.75, 3.05) is 26.2 Å². The molecule has 1 amide bonds.